The van der Waals surface area contributed by atoms with Crippen LogP contribution in [0.2, 0.25) is 5.28 Å². The monoisotopic (exact) mass is 301 g/mol. The maximum atomic E-state index is 11.6. The van der Waals surface area contributed by atoms with Crippen LogP contribution in [0.15, 0.2) is 33.5 Å². The molecule has 0 aromatic carbocycles. The molecule has 82 valence electrons. The molecule has 0 atom stereocenters. The molecule has 16 heavy (non-hydrogen) atoms. The third kappa shape index (κ3) is 2.59. The average Bonchev–Trinajstić information content (AvgIpc) is 2.65. The minimum atomic E-state index is -0.402. The van der Waals surface area contributed by atoms with E-state index >= 15 is 0 Å². The average molecular weight is 303 g/mol. The zero-order chi connectivity index (χ0) is 11.5. The fourth-order valence-electron chi connectivity index (χ4n) is 1.02. The van der Waals surface area contributed by atoms with E-state index in [9.17, 15) is 4.79 Å². The standard InChI is InChI=1S/C9H5BrClN3O2/c10-6-2-1-5(16-6)8(15)13-7-3-4-12-9(11)14-7/h1-4H,(H,12,13,14,15). The van der Waals surface area contributed by atoms with Crippen LogP contribution in [0.25, 0.3) is 0 Å². The van der Waals surface area contributed by atoms with E-state index in [1.807, 2.05) is 0 Å². The summed E-state index contributed by atoms with van der Waals surface area (Å²) in [6.45, 7) is 0. The molecule has 1 N–H and O–H groups in total. The van der Waals surface area contributed by atoms with E-state index < -0.39 is 5.91 Å². The zero-order valence-corrected chi connectivity index (χ0v) is 10.1. The second kappa shape index (κ2) is 4.63. The lowest BCUT2D eigenvalue weighted by molar-refractivity contribution is 0.0995. The lowest BCUT2D eigenvalue weighted by atomic mass is 10.4. The molecular formula is C9H5BrClN3O2. The Bertz CT molecular complexity index is 529. The van der Waals surface area contributed by atoms with Crippen molar-refractivity contribution in [1.82, 2.24) is 9.97 Å². The SMILES string of the molecule is O=C(Nc1ccnc(Cl)n1)c1ccc(Br)o1. The Hall–Kier alpha value is -1.40. The first-order valence-electron chi connectivity index (χ1n) is 4.20. The minimum absolute atomic E-state index is 0.0680. The topological polar surface area (TPSA) is 68.0 Å². The van der Waals surface area contributed by atoms with Crippen molar-refractivity contribution in [3.63, 3.8) is 0 Å². The predicted molar refractivity (Wildman–Crippen MR) is 61.4 cm³/mol. The normalized spacial score (nSPS) is 10.1. The highest BCUT2D eigenvalue weighted by Crippen LogP contribution is 2.15. The largest absolute Gasteiger partial charge is 0.444 e. The number of rotatable bonds is 2. The summed E-state index contributed by atoms with van der Waals surface area (Å²) < 4.78 is 5.56. The number of nitrogens with one attached hydrogen (secondary N) is 1. The van der Waals surface area contributed by atoms with Gasteiger partial charge in [-0.3, -0.25) is 4.79 Å². The first-order valence-corrected chi connectivity index (χ1v) is 5.37. The second-order valence-corrected chi connectivity index (χ2v) is 3.89. The summed E-state index contributed by atoms with van der Waals surface area (Å²) in [6, 6.07) is 4.70. The molecule has 2 aromatic heterocycles. The molecule has 0 radical (unpaired) electrons. The molecular weight excluding hydrogens is 297 g/mol. The Balaban J connectivity index is 2.13. The number of carbonyl (C=O) groups is 1. The van der Waals surface area contributed by atoms with Gasteiger partial charge in [0, 0.05) is 6.20 Å². The smallest absolute Gasteiger partial charge is 0.292 e. The summed E-state index contributed by atoms with van der Waals surface area (Å²) >= 11 is 8.68. The summed E-state index contributed by atoms with van der Waals surface area (Å²) in [5.41, 5.74) is 0. The van der Waals surface area contributed by atoms with Crippen LogP contribution >= 0.6 is 27.5 Å². The molecule has 1 amide bonds. The molecule has 5 nitrogen and oxygen atoms in total. The first kappa shape index (κ1) is 11.1. The van der Waals surface area contributed by atoms with Crippen molar-refractivity contribution in [3.8, 4) is 0 Å². The lowest BCUT2D eigenvalue weighted by Gasteiger charge is -2.01. The Morgan fingerprint density at radius 2 is 2.25 bits per heavy atom. The van der Waals surface area contributed by atoms with Gasteiger partial charge in [0.05, 0.1) is 0 Å². The van der Waals surface area contributed by atoms with E-state index in [2.05, 4.69) is 31.2 Å². The van der Waals surface area contributed by atoms with Gasteiger partial charge in [-0.05, 0) is 45.7 Å². The van der Waals surface area contributed by atoms with Crippen LogP contribution in [0.3, 0.4) is 0 Å². The minimum Gasteiger partial charge on any atom is -0.444 e. The fourth-order valence-corrected chi connectivity index (χ4v) is 1.47. The van der Waals surface area contributed by atoms with Crippen molar-refractivity contribution in [3.05, 3.63) is 40.1 Å². The van der Waals surface area contributed by atoms with Crippen LogP contribution in [0.1, 0.15) is 10.6 Å². The van der Waals surface area contributed by atoms with Crippen molar-refractivity contribution in [2.24, 2.45) is 0 Å². The van der Waals surface area contributed by atoms with Crippen molar-refractivity contribution in [1.29, 1.82) is 0 Å². The van der Waals surface area contributed by atoms with E-state index in [0.29, 0.717) is 10.5 Å². The van der Waals surface area contributed by atoms with Gasteiger partial charge in [-0.25, -0.2) is 9.97 Å². The van der Waals surface area contributed by atoms with Crippen molar-refractivity contribution >= 4 is 39.3 Å². The summed E-state index contributed by atoms with van der Waals surface area (Å²) in [7, 11) is 0. The number of nitrogens with zero attached hydrogens (tertiary/aromatic N) is 2. The molecule has 0 spiro atoms. The molecule has 0 saturated heterocycles. The van der Waals surface area contributed by atoms with Crippen LogP contribution < -0.4 is 5.32 Å². The van der Waals surface area contributed by atoms with Gasteiger partial charge in [-0.1, -0.05) is 0 Å². The zero-order valence-electron chi connectivity index (χ0n) is 7.78. The van der Waals surface area contributed by atoms with Crippen molar-refractivity contribution in [2.75, 3.05) is 5.32 Å². The number of aromatic nitrogens is 2. The molecule has 0 unspecified atom stereocenters. The number of amides is 1. The maximum Gasteiger partial charge on any atom is 0.292 e. The molecule has 7 heteroatoms. The Labute approximate surface area is 104 Å². The van der Waals surface area contributed by atoms with Gasteiger partial charge in [-0.2, -0.15) is 0 Å². The van der Waals surface area contributed by atoms with E-state index in [4.69, 9.17) is 16.0 Å². The number of hydrogen-bond acceptors (Lipinski definition) is 4. The molecule has 0 saturated carbocycles. The van der Waals surface area contributed by atoms with Crippen LogP contribution in [-0.4, -0.2) is 15.9 Å². The summed E-state index contributed by atoms with van der Waals surface area (Å²) in [5.74, 6) is 0.0969. The molecule has 2 rings (SSSR count). The molecule has 2 heterocycles. The molecule has 0 aliphatic carbocycles. The van der Waals surface area contributed by atoms with Gasteiger partial charge in [0.2, 0.25) is 5.28 Å². The van der Waals surface area contributed by atoms with Crippen molar-refractivity contribution < 1.29 is 9.21 Å². The van der Waals surface area contributed by atoms with E-state index in [-0.39, 0.29) is 11.0 Å². The Kier molecular flexibility index (Phi) is 3.21. The van der Waals surface area contributed by atoms with Gasteiger partial charge >= 0.3 is 0 Å². The number of halogens is 2. The van der Waals surface area contributed by atoms with Crippen LogP contribution in [0.4, 0.5) is 5.82 Å². The highest BCUT2D eigenvalue weighted by molar-refractivity contribution is 9.10. The third-order valence-electron chi connectivity index (χ3n) is 1.66. The summed E-state index contributed by atoms with van der Waals surface area (Å²) in [4.78, 5) is 19.1. The molecule has 2 aromatic rings. The fraction of sp³-hybridized carbons (Fsp3) is 0. The number of anilines is 1. The Morgan fingerprint density at radius 3 is 2.88 bits per heavy atom. The van der Waals surface area contributed by atoms with E-state index in [1.54, 1.807) is 12.1 Å². The maximum absolute atomic E-state index is 11.6. The highest BCUT2D eigenvalue weighted by Gasteiger charge is 2.11. The number of hydrogen-bond donors (Lipinski definition) is 1. The van der Waals surface area contributed by atoms with Gasteiger partial charge in [0.15, 0.2) is 10.4 Å². The van der Waals surface area contributed by atoms with Crippen LogP contribution in [-0.2, 0) is 0 Å². The highest BCUT2D eigenvalue weighted by atomic mass is 79.9. The van der Waals surface area contributed by atoms with Gasteiger partial charge in [-0.15, -0.1) is 0 Å². The van der Waals surface area contributed by atoms with E-state index in [0.717, 1.165) is 0 Å². The van der Waals surface area contributed by atoms with Gasteiger partial charge < -0.3 is 9.73 Å². The van der Waals surface area contributed by atoms with Gasteiger partial charge in [0.1, 0.15) is 5.82 Å². The first-order chi connectivity index (χ1) is 7.65. The summed E-state index contributed by atoms with van der Waals surface area (Å²) in [5, 5.41) is 2.59. The van der Waals surface area contributed by atoms with Crippen molar-refractivity contribution in [2.45, 2.75) is 0 Å². The third-order valence-corrected chi connectivity index (χ3v) is 2.27. The quantitative estimate of drug-likeness (QED) is 0.866. The van der Waals surface area contributed by atoms with Crippen LogP contribution in [0.5, 0.6) is 0 Å². The predicted octanol–water partition coefficient (Wildman–Crippen LogP) is 2.74. The van der Waals surface area contributed by atoms with Crippen LogP contribution in [0, 0.1) is 0 Å². The molecule has 0 fully saturated rings. The molecule has 0 aliphatic rings. The van der Waals surface area contributed by atoms with E-state index in [1.165, 1.54) is 12.3 Å². The second-order valence-electron chi connectivity index (χ2n) is 2.77. The lowest BCUT2D eigenvalue weighted by Crippen LogP contribution is -2.12. The Morgan fingerprint density at radius 1 is 1.44 bits per heavy atom. The number of carbonyl (C=O) groups excluding carboxylic acids is 1. The molecule has 0 aliphatic heterocycles. The summed E-state index contributed by atoms with van der Waals surface area (Å²) in [6.07, 6.45) is 1.45. The molecule has 0 bridgehead atoms. The van der Waals surface area contributed by atoms with Gasteiger partial charge in [0.25, 0.3) is 5.91 Å². The number of furan rings is 1.